The SMILES string of the molecule is Cc1ccc(-c2cccc(CCN/C=C(\C=N)c3cccc([C@@H](C)NC(=O)c4[nH]c(=O)[nH]c(=O)c4N)c3)c2)cc1. The Morgan fingerprint density at radius 2 is 1.75 bits per heavy atom. The van der Waals surface area contributed by atoms with Crippen molar-refractivity contribution in [1.82, 2.24) is 20.6 Å². The standard InChI is InChI=1S/C31H32N6O3/c1-19-9-11-22(12-10-19)24-7-3-5-21(15-24)13-14-34-18-26(17-32)25-8-4-6-23(16-25)20(2)35-30(39)28-27(33)29(38)37-31(40)36-28/h3-12,15-18,20,32,34H,13-14,33H2,1-2H3,(H,35,39)(H2,36,37,38,40)/b26-18+,32-17?/t20-/m1/s1. The molecule has 7 N–H and O–H groups in total. The Morgan fingerprint density at radius 1 is 1.00 bits per heavy atom. The number of rotatable bonds is 10. The summed E-state index contributed by atoms with van der Waals surface area (Å²) in [7, 11) is 0. The molecule has 0 saturated carbocycles. The lowest BCUT2D eigenvalue weighted by Crippen LogP contribution is -2.34. The van der Waals surface area contributed by atoms with E-state index in [9.17, 15) is 14.4 Å². The summed E-state index contributed by atoms with van der Waals surface area (Å²) in [6.45, 7) is 4.54. The lowest BCUT2D eigenvalue weighted by molar-refractivity contribution is 0.0935. The van der Waals surface area contributed by atoms with Crippen molar-refractivity contribution in [2.24, 2.45) is 0 Å². The van der Waals surface area contributed by atoms with E-state index in [1.165, 1.54) is 28.5 Å². The number of aromatic amines is 2. The Labute approximate surface area is 231 Å². The molecule has 1 amide bonds. The van der Waals surface area contributed by atoms with Crippen LogP contribution in [0.2, 0.25) is 0 Å². The van der Waals surface area contributed by atoms with Gasteiger partial charge >= 0.3 is 5.69 Å². The van der Waals surface area contributed by atoms with Gasteiger partial charge in [-0.25, -0.2) is 4.79 Å². The maximum atomic E-state index is 12.7. The Kier molecular flexibility index (Phi) is 8.75. The molecule has 4 rings (SSSR count). The molecule has 0 saturated heterocycles. The molecule has 3 aromatic carbocycles. The van der Waals surface area contributed by atoms with Crippen LogP contribution in [-0.2, 0) is 6.42 Å². The monoisotopic (exact) mass is 536 g/mol. The fourth-order valence-electron chi connectivity index (χ4n) is 4.27. The highest BCUT2D eigenvalue weighted by Gasteiger charge is 2.17. The summed E-state index contributed by atoms with van der Waals surface area (Å²) in [5.74, 6) is -0.672. The average molecular weight is 537 g/mol. The molecule has 0 fully saturated rings. The molecule has 0 unspecified atom stereocenters. The zero-order chi connectivity index (χ0) is 28.6. The molecule has 1 aromatic heterocycles. The second kappa shape index (κ2) is 12.6. The van der Waals surface area contributed by atoms with Crippen molar-refractivity contribution in [3.05, 3.63) is 128 Å². The van der Waals surface area contributed by atoms with Crippen LogP contribution in [0.3, 0.4) is 0 Å². The maximum absolute atomic E-state index is 12.7. The predicted molar refractivity (Wildman–Crippen MR) is 160 cm³/mol. The van der Waals surface area contributed by atoms with Crippen LogP contribution >= 0.6 is 0 Å². The molecule has 204 valence electrons. The Bertz CT molecular complexity index is 1670. The fourth-order valence-corrected chi connectivity index (χ4v) is 4.27. The predicted octanol–water partition coefficient (Wildman–Crippen LogP) is 3.93. The number of nitrogen functional groups attached to an aromatic ring is 1. The van der Waals surface area contributed by atoms with Crippen LogP contribution in [0.4, 0.5) is 5.69 Å². The van der Waals surface area contributed by atoms with E-state index in [1.54, 1.807) is 13.1 Å². The summed E-state index contributed by atoms with van der Waals surface area (Å²) < 4.78 is 0. The number of benzene rings is 3. The minimum Gasteiger partial charge on any atom is -0.392 e. The van der Waals surface area contributed by atoms with Crippen LogP contribution in [0.15, 0.2) is 88.6 Å². The van der Waals surface area contributed by atoms with Crippen molar-refractivity contribution < 1.29 is 4.79 Å². The summed E-state index contributed by atoms with van der Waals surface area (Å²) in [6, 6.07) is 23.9. The highest BCUT2D eigenvalue weighted by Crippen LogP contribution is 2.22. The number of aromatic nitrogens is 2. The van der Waals surface area contributed by atoms with Crippen LogP contribution in [0.25, 0.3) is 16.7 Å². The molecular weight excluding hydrogens is 504 g/mol. The van der Waals surface area contributed by atoms with Crippen molar-refractivity contribution >= 4 is 23.4 Å². The molecule has 1 heterocycles. The van der Waals surface area contributed by atoms with Crippen LogP contribution in [0.1, 0.15) is 45.7 Å². The Morgan fingerprint density at radius 3 is 2.50 bits per heavy atom. The van der Waals surface area contributed by atoms with Gasteiger partial charge in [-0.05, 0) is 54.2 Å². The summed E-state index contributed by atoms with van der Waals surface area (Å²) in [5, 5.41) is 14.0. The highest BCUT2D eigenvalue weighted by atomic mass is 16.2. The van der Waals surface area contributed by atoms with Crippen LogP contribution in [0, 0.1) is 12.3 Å². The number of H-pyrrole nitrogens is 2. The molecule has 9 heteroatoms. The molecule has 0 spiro atoms. The van der Waals surface area contributed by atoms with Crippen molar-refractivity contribution in [2.75, 3.05) is 12.3 Å². The van der Waals surface area contributed by atoms with Crippen molar-refractivity contribution in [3.8, 4) is 11.1 Å². The van der Waals surface area contributed by atoms with Gasteiger partial charge in [-0.3, -0.25) is 14.6 Å². The molecule has 9 nitrogen and oxygen atoms in total. The third-order valence-corrected chi connectivity index (χ3v) is 6.56. The summed E-state index contributed by atoms with van der Waals surface area (Å²) >= 11 is 0. The summed E-state index contributed by atoms with van der Waals surface area (Å²) in [6.07, 6.45) is 3.90. The summed E-state index contributed by atoms with van der Waals surface area (Å²) in [5.41, 5.74) is 10.4. The zero-order valence-electron chi connectivity index (χ0n) is 22.4. The number of hydrogen-bond donors (Lipinski definition) is 6. The Balaban J connectivity index is 1.40. The first-order chi connectivity index (χ1) is 19.2. The van der Waals surface area contributed by atoms with E-state index in [1.807, 2.05) is 29.2 Å². The van der Waals surface area contributed by atoms with Gasteiger partial charge < -0.3 is 26.8 Å². The van der Waals surface area contributed by atoms with Gasteiger partial charge in [0.05, 0.1) is 6.04 Å². The van der Waals surface area contributed by atoms with Gasteiger partial charge in [0, 0.05) is 24.5 Å². The molecule has 0 bridgehead atoms. The molecule has 0 radical (unpaired) electrons. The minimum absolute atomic E-state index is 0.287. The van der Waals surface area contributed by atoms with Crippen LogP contribution < -0.4 is 27.6 Å². The van der Waals surface area contributed by atoms with Gasteiger partial charge in [0.2, 0.25) is 0 Å². The van der Waals surface area contributed by atoms with E-state index < -0.39 is 23.2 Å². The number of allylic oxidation sites excluding steroid dienone is 1. The van der Waals surface area contributed by atoms with E-state index in [0.717, 1.165) is 17.5 Å². The fraction of sp³-hybridized carbons (Fsp3) is 0.161. The lowest BCUT2D eigenvalue weighted by atomic mass is 10.0. The summed E-state index contributed by atoms with van der Waals surface area (Å²) in [4.78, 5) is 40.2. The average Bonchev–Trinajstić information content (AvgIpc) is 2.95. The number of aryl methyl sites for hydroxylation is 1. The quantitative estimate of drug-likeness (QED) is 0.134. The van der Waals surface area contributed by atoms with Gasteiger partial charge in [0.25, 0.3) is 11.5 Å². The molecule has 0 aliphatic carbocycles. The number of carbonyl (C=O) groups excluding carboxylic acids is 1. The van der Waals surface area contributed by atoms with Gasteiger partial charge in [-0.2, -0.15) is 0 Å². The third kappa shape index (κ3) is 6.82. The number of nitrogens with one attached hydrogen (secondary N) is 5. The van der Waals surface area contributed by atoms with Gasteiger partial charge in [-0.15, -0.1) is 0 Å². The van der Waals surface area contributed by atoms with E-state index in [2.05, 4.69) is 71.1 Å². The first-order valence-electron chi connectivity index (χ1n) is 12.9. The number of amides is 1. The third-order valence-electron chi connectivity index (χ3n) is 6.56. The number of anilines is 1. The van der Waals surface area contributed by atoms with Crippen LogP contribution in [0.5, 0.6) is 0 Å². The molecule has 0 aliphatic rings. The van der Waals surface area contributed by atoms with Crippen molar-refractivity contribution in [2.45, 2.75) is 26.3 Å². The smallest absolute Gasteiger partial charge is 0.326 e. The second-order valence-electron chi connectivity index (χ2n) is 9.53. The normalized spacial score (nSPS) is 12.0. The van der Waals surface area contributed by atoms with Crippen molar-refractivity contribution in [1.29, 1.82) is 5.41 Å². The molecule has 1 atom stereocenters. The van der Waals surface area contributed by atoms with Gasteiger partial charge in [-0.1, -0.05) is 72.3 Å². The largest absolute Gasteiger partial charge is 0.392 e. The number of carbonyl (C=O) groups is 1. The Hall–Kier alpha value is -5.18. The minimum atomic E-state index is -0.823. The first-order valence-corrected chi connectivity index (χ1v) is 12.9. The molecular formula is C31H32N6O3. The van der Waals surface area contributed by atoms with Gasteiger partial charge in [0.1, 0.15) is 11.4 Å². The maximum Gasteiger partial charge on any atom is 0.326 e. The molecule has 40 heavy (non-hydrogen) atoms. The van der Waals surface area contributed by atoms with E-state index >= 15 is 0 Å². The second-order valence-corrected chi connectivity index (χ2v) is 9.53. The van der Waals surface area contributed by atoms with E-state index in [-0.39, 0.29) is 11.4 Å². The molecule has 4 aromatic rings. The van der Waals surface area contributed by atoms with Crippen LogP contribution in [-0.4, -0.2) is 28.6 Å². The van der Waals surface area contributed by atoms with Gasteiger partial charge in [0.15, 0.2) is 0 Å². The van der Waals surface area contributed by atoms with Crippen molar-refractivity contribution in [3.63, 3.8) is 0 Å². The number of nitrogens with two attached hydrogens (primary N) is 1. The lowest BCUT2D eigenvalue weighted by Gasteiger charge is -2.16. The highest BCUT2D eigenvalue weighted by molar-refractivity contribution is 6.08. The van der Waals surface area contributed by atoms with E-state index in [4.69, 9.17) is 11.1 Å². The zero-order valence-corrected chi connectivity index (χ0v) is 22.4. The number of hydrogen-bond acceptors (Lipinski definition) is 6. The topological polar surface area (TPSA) is 157 Å². The molecule has 0 aliphatic heterocycles. The first kappa shape index (κ1) is 27.8. The van der Waals surface area contributed by atoms with E-state index in [0.29, 0.717) is 12.1 Å².